The van der Waals surface area contributed by atoms with Crippen molar-refractivity contribution in [3.8, 4) is 11.5 Å². The summed E-state index contributed by atoms with van der Waals surface area (Å²) in [6, 6.07) is 16.3. The molecule has 0 aliphatic carbocycles. The Kier molecular flexibility index (Phi) is 4.36. The highest BCUT2D eigenvalue weighted by molar-refractivity contribution is 5.90. The van der Waals surface area contributed by atoms with Crippen LogP contribution in [-0.2, 0) is 4.79 Å². The van der Waals surface area contributed by atoms with Crippen molar-refractivity contribution in [1.29, 1.82) is 0 Å². The molecule has 27 heavy (non-hydrogen) atoms. The molecule has 0 aromatic heterocycles. The van der Waals surface area contributed by atoms with Crippen molar-refractivity contribution >= 4 is 5.91 Å². The lowest BCUT2D eigenvalue weighted by Crippen LogP contribution is -2.45. The Bertz CT molecular complexity index is 798. The number of likely N-dealkylation sites (tertiary alicyclic amines) is 2. The molecule has 0 saturated carbocycles. The number of benzene rings is 2. The van der Waals surface area contributed by atoms with E-state index in [0.29, 0.717) is 6.04 Å². The predicted molar refractivity (Wildman–Crippen MR) is 105 cm³/mol. The van der Waals surface area contributed by atoms with Gasteiger partial charge in [0.2, 0.25) is 5.91 Å². The monoisotopic (exact) mass is 362 g/mol. The van der Waals surface area contributed by atoms with Crippen LogP contribution in [0.2, 0.25) is 0 Å². The quantitative estimate of drug-likeness (QED) is 0.827. The first-order valence-corrected chi connectivity index (χ1v) is 10.2. The lowest BCUT2D eigenvalue weighted by molar-refractivity contribution is -0.133. The molecule has 5 rings (SSSR count). The van der Waals surface area contributed by atoms with Crippen molar-refractivity contribution in [1.82, 2.24) is 9.80 Å². The molecule has 1 atom stereocenters. The standard InChI is InChI=1S/C23H26N2O2/c26-23(25-15-7-8-17(25)16-24-13-5-6-14-24)22-18-9-1-3-11-20(18)27-21-12-4-2-10-19(21)22/h1-4,9-12,17,22H,5-8,13-16H2/t17-/m0/s1. The molecule has 2 fully saturated rings. The van der Waals surface area contributed by atoms with Gasteiger partial charge in [-0.15, -0.1) is 0 Å². The topological polar surface area (TPSA) is 32.8 Å². The summed E-state index contributed by atoms with van der Waals surface area (Å²) in [4.78, 5) is 18.4. The summed E-state index contributed by atoms with van der Waals surface area (Å²) < 4.78 is 6.08. The van der Waals surface area contributed by atoms with E-state index in [9.17, 15) is 4.79 Å². The van der Waals surface area contributed by atoms with Crippen LogP contribution in [0.15, 0.2) is 48.5 Å². The second-order valence-corrected chi connectivity index (χ2v) is 7.95. The van der Waals surface area contributed by atoms with Crippen LogP contribution < -0.4 is 4.74 Å². The van der Waals surface area contributed by atoms with E-state index in [1.54, 1.807) is 0 Å². The van der Waals surface area contributed by atoms with Crippen LogP contribution in [0.4, 0.5) is 0 Å². The van der Waals surface area contributed by atoms with Gasteiger partial charge in [0.25, 0.3) is 0 Å². The first-order valence-electron chi connectivity index (χ1n) is 10.2. The first-order chi connectivity index (χ1) is 13.3. The van der Waals surface area contributed by atoms with Gasteiger partial charge in [-0.3, -0.25) is 4.79 Å². The van der Waals surface area contributed by atoms with E-state index >= 15 is 0 Å². The minimum Gasteiger partial charge on any atom is -0.457 e. The Morgan fingerprint density at radius 1 is 0.889 bits per heavy atom. The fourth-order valence-electron chi connectivity index (χ4n) is 4.92. The van der Waals surface area contributed by atoms with Gasteiger partial charge in [0.1, 0.15) is 11.5 Å². The molecular weight excluding hydrogens is 336 g/mol. The van der Waals surface area contributed by atoms with Crippen LogP contribution in [0.3, 0.4) is 0 Å². The maximum Gasteiger partial charge on any atom is 0.235 e. The third kappa shape index (κ3) is 3.02. The number of nitrogens with zero attached hydrogens (tertiary/aromatic N) is 2. The fraction of sp³-hybridized carbons (Fsp3) is 0.435. The highest BCUT2D eigenvalue weighted by Crippen LogP contribution is 2.45. The van der Waals surface area contributed by atoms with Gasteiger partial charge in [-0.1, -0.05) is 36.4 Å². The number of para-hydroxylation sites is 2. The zero-order valence-electron chi connectivity index (χ0n) is 15.6. The van der Waals surface area contributed by atoms with Crippen molar-refractivity contribution in [2.45, 2.75) is 37.6 Å². The van der Waals surface area contributed by atoms with Gasteiger partial charge >= 0.3 is 0 Å². The van der Waals surface area contributed by atoms with Crippen molar-refractivity contribution in [3.05, 3.63) is 59.7 Å². The Morgan fingerprint density at radius 2 is 1.52 bits per heavy atom. The summed E-state index contributed by atoms with van der Waals surface area (Å²) in [7, 11) is 0. The second kappa shape index (κ2) is 7.01. The zero-order valence-corrected chi connectivity index (χ0v) is 15.6. The molecule has 140 valence electrons. The molecule has 2 aromatic rings. The Morgan fingerprint density at radius 3 is 2.19 bits per heavy atom. The number of amides is 1. The van der Waals surface area contributed by atoms with Crippen LogP contribution in [0.25, 0.3) is 0 Å². The highest BCUT2D eigenvalue weighted by atomic mass is 16.5. The van der Waals surface area contributed by atoms with Gasteiger partial charge in [-0.25, -0.2) is 0 Å². The third-order valence-electron chi connectivity index (χ3n) is 6.25. The Balaban J connectivity index is 1.47. The van der Waals surface area contributed by atoms with Crippen LogP contribution >= 0.6 is 0 Å². The first kappa shape index (κ1) is 16.8. The summed E-state index contributed by atoms with van der Waals surface area (Å²) >= 11 is 0. The molecule has 0 unspecified atom stereocenters. The van der Waals surface area contributed by atoms with E-state index in [1.807, 2.05) is 48.5 Å². The number of hydrogen-bond donors (Lipinski definition) is 0. The maximum absolute atomic E-state index is 13.8. The van der Waals surface area contributed by atoms with Crippen LogP contribution in [0.5, 0.6) is 11.5 Å². The maximum atomic E-state index is 13.8. The molecule has 3 heterocycles. The summed E-state index contributed by atoms with van der Waals surface area (Å²) in [6.07, 6.45) is 4.81. The van der Waals surface area contributed by atoms with Crippen LogP contribution in [0.1, 0.15) is 42.7 Å². The molecule has 2 aromatic carbocycles. The minimum atomic E-state index is -0.259. The van der Waals surface area contributed by atoms with Gasteiger partial charge in [-0.2, -0.15) is 0 Å². The average Bonchev–Trinajstić information content (AvgIpc) is 3.38. The minimum absolute atomic E-state index is 0.236. The molecule has 4 heteroatoms. The zero-order chi connectivity index (χ0) is 18.2. The lowest BCUT2D eigenvalue weighted by Gasteiger charge is -2.34. The Hall–Kier alpha value is -2.33. The number of carbonyl (C=O) groups excluding carboxylic acids is 1. The van der Waals surface area contributed by atoms with Crippen LogP contribution in [0, 0.1) is 0 Å². The molecule has 4 nitrogen and oxygen atoms in total. The van der Waals surface area contributed by atoms with Crippen LogP contribution in [-0.4, -0.2) is 47.9 Å². The molecule has 0 N–H and O–H groups in total. The predicted octanol–water partition coefficient (Wildman–Crippen LogP) is 4.01. The summed E-state index contributed by atoms with van der Waals surface area (Å²) in [5.41, 5.74) is 1.99. The van der Waals surface area contributed by atoms with Crippen molar-refractivity contribution in [2.75, 3.05) is 26.2 Å². The molecular formula is C23H26N2O2. The molecule has 3 aliphatic rings. The number of fused-ring (bicyclic) bond motifs is 2. The summed E-state index contributed by atoms with van der Waals surface area (Å²) in [6.45, 7) is 4.26. The highest BCUT2D eigenvalue weighted by Gasteiger charge is 2.39. The van der Waals surface area contributed by atoms with E-state index < -0.39 is 0 Å². The molecule has 0 bridgehead atoms. The molecule has 0 spiro atoms. The van der Waals surface area contributed by atoms with Crippen molar-refractivity contribution in [3.63, 3.8) is 0 Å². The number of hydrogen-bond acceptors (Lipinski definition) is 3. The largest absolute Gasteiger partial charge is 0.457 e. The number of ether oxygens (including phenoxy) is 1. The van der Waals surface area contributed by atoms with Gasteiger partial charge in [0, 0.05) is 30.3 Å². The van der Waals surface area contributed by atoms with E-state index in [2.05, 4.69) is 9.80 Å². The van der Waals surface area contributed by atoms with E-state index in [4.69, 9.17) is 4.74 Å². The summed E-state index contributed by atoms with van der Waals surface area (Å²) in [5.74, 6) is 1.60. The lowest BCUT2D eigenvalue weighted by atomic mass is 9.86. The van der Waals surface area contributed by atoms with Crippen molar-refractivity contribution in [2.24, 2.45) is 0 Å². The normalized spacial score (nSPS) is 22.4. The second-order valence-electron chi connectivity index (χ2n) is 7.95. The smallest absolute Gasteiger partial charge is 0.235 e. The van der Waals surface area contributed by atoms with Gasteiger partial charge in [-0.05, 0) is 50.9 Å². The SMILES string of the molecule is O=C(C1c2ccccc2Oc2ccccc21)N1CCC[C@H]1CN1CCCC1. The van der Waals surface area contributed by atoms with E-state index in [-0.39, 0.29) is 11.8 Å². The van der Waals surface area contributed by atoms with Gasteiger partial charge < -0.3 is 14.5 Å². The average molecular weight is 362 g/mol. The number of rotatable bonds is 3. The third-order valence-corrected chi connectivity index (χ3v) is 6.25. The number of carbonyl (C=O) groups is 1. The van der Waals surface area contributed by atoms with Crippen molar-refractivity contribution < 1.29 is 9.53 Å². The van der Waals surface area contributed by atoms with E-state index in [1.165, 1.54) is 25.9 Å². The summed E-state index contributed by atoms with van der Waals surface area (Å²) in [5, 5.41) is 0. The molecule has 1 amide bonds. The molecule has 3 aliphatic heterocycles. The molecule has 0 radical (unpaired) electrons. The Labute approximate surface area is 160 Å². The van der Waals surface area contributed by atoms with E-state index in [0.717, 1.165) is 48.6 Å². The molecule has 2 saturated heterocycles. The van der Waals surface area contributed by atoms with Gasteiger partial charge in [0.15, 0.2) is 0 Å². The van der Waals surface area contributed by atoms with Gasteiger partial charge in [0.05, 0.1) is 5.92 Å². The fourth-order valence-corrected chi connectivity index (χ4v) is 4.92.